The Labute approximate surface area is 125 Å². The summed E-state index contributed by atoms with van der Waals surface area (Å²) < 4.78 is 0. The molecule has 4 heteroatoms. The van der Waals surface area contributed by atoms with E-state index < -0.39 is 11.4 Å². The second kappa shape index (κ2) is 6.29. The van der Waals surface area contributed by atoms with E-state index in [0.717, 1.165) is 19.3 Å². The Hall–Kier alpha value is -1.84. The summed E-state index contributed by atoms with van der Waals surface area (Å²) in [6.07, 6.45) is 3.46. The van der Waals surface area contributed by atoms with Crippen LogP contribution < -0.4 is 5.32 Å². The third-order valence-electron chi connectivity index (χ3n) is 4.39. The van der Waals surface area contributed by atoms with Gasteiger partial charge in [-0.2, -0.15) is 0 Å². The van der Waals surface area contributed by atoms with Gasteiger partial charge in [0.05, 0.1) is 0 Å². The van der Waals surface area contributed by atoms with E-state index in [2.05, 4.69) is 19.2 Å². The second-order valence-electron chi connectivity index (χ2n) is 6.18. The molecule has 0 unspecified atom stereocenters. The summed E-state index contributed by atoms with van der Waals surface area (Å²) in [7, 11) is 0. The fraction of sp³-hybridized carbons (Fsp3) is 0.529. The highest BCUT2D eigenvalue weighted by atomic mass is 16.4. The summed E-state index contributed by atoms with van der Waals surface area (Å²) in [5.74, 6) is -0.955. The van der Waals surface area contributed by atoms with Crippen LogP contribution in [0.15, 0.2) is 24.3 Å². The molecule has 2 rings (SSSR count). The van der Waals surface area contributed by atoms with Crippen molar-refractivity contribution in [2.75, 3.05) is 5.32 Å². The molecular formula is C17H23NO3. The van der Waals surface area contributed by atoms with E-state index in [1.807, 2.05) is 24.3 Å². The average Bonchev–Trinajstić information content (AvgIpc) is 2.48. The van der Waals surface area contributed by atoms with Crippen LogP contribution in [0.1, 0.15) is 57.4 Å². The Morgan fingerprint density at radius 1 is 1.10 bits per heavy atom. The molecular weight excluding hydrogens is 266 g/mol. The van der Waals surface area contributed by atoms with Crippen molar-refractivity contribution < 1.29 is 14.7 Å². The van der Waals surface area contributed by atoms with Gasteiger partial charge in [0.1, 0.15) is 5.41 Å². The third kappa shape index (κ3) is 3.26. The van der Waals surface area contributed by atoms with Crippen LogP contribution in [0.2, 0.25) is 0 Å². The van der Waals surface area contributed by atoms with Crippen LogP contribution in [0.3, 0.4) is 0 Å². The molecule has 0 aliphatic heterocycles. The number of nitrogens with one attached hydrogen (secondary N) is 1. The second-order valence-corrected chi connectivity index (χ2v) is 6.18. The first kappa shape index (κ1) is 15.5. The molecule has 1 aromatic carbocycles. The van der Waals surface area contributed by atoms with Gasteiger partial charge in [0.2, 0.25) is 5.91 Å². The Balaban J connectivity index is 2.13. The highest BCUT2D eigenvalue weighted by Gasteiger charge is 2.46. The fourth-order valence-corrected chi connectivity index (χ4v) is 2.90. The van der Waals surface area contributed by atoms with Crippen molar-refractivity contribution in [1.82, 2.24) is 0 Å². The molecule has 114 valence electrons. The first-order valence-electron chi connectivity index (χ1n) is 7.60. The van der Waals surface area contributed by atoms with Crippen LogP contribution in [0, 0.1) is 5.41 Å². The van der Waals surface area contributed by atoms with E-state index in [-0.39, 0.29) is 5.91 Å². The fourth-order valence-electron chi connectivity index (χ4n) is 2.90. The van der Waals surface area contributed by atoms with Gasteiger partial charge in [-0.15, -0.1) is 0 Å². The first-order valence-corrected chi connectivity index (χ1v) is 7.60. The minimum Gasteiger partial charge on any atom is -0.480 e. The molecule has 0 spiro atoms. The van der Waals surface area contributed by atoms with Crippen molar-refractivity contribution in [2.24, 2.45) is 5.41 Å². The number of hydrogen-bond acceptors (Lipinski definition) is 2. The van der Waals surface area contributed by atoms with E-state index in [0.29, 0.717) is 24.4 Å². The zero-order valence-corrected chi connectivity index (χ0v) is 12.7. The summed E-state index contributed by atoms with van der Waals surface area (Å²) in [5.41, 5.74) is 0.601. The van der Waals surface area contributed by atoms with Crippen LogP contribution in [-0.2, 0) is 9.59 Å². The van der Waals surface area contributed by atoms with Gasteiger partial charge in [-0.05, 0) is 36.5 Å². The molecule has 1 amide bonds. The van der Waals surface area contributed by atoms with E-state index in [1.54, 1.807) is 0 Å². The van der Waals surface area contributed by atoms with Gasteiger partial charge in [-0.3, -0.25) is 9.59 Å². The normalized spacial score (nSPS) is 17.5. The lowest BCUT2D eigenvalue weighted by Crippen LogP contribution is -2.44. The number of carbonyl (C=O) groups excluding carboxylic acids is 1. The van der Waals surface area contributed by atoms with Crippen molar-refractivity contribution in [1.29, 1.82) is 0 Å². The number of anilines is 1. The molecule has 2 N–H and O–H groups in total. The number of amides is 1. The van der Waals surface area contributed by atoms with Crippen LogP contribution >= 0.6 is 0 Å². The third-order valence-corrected chi connectivity index (χ3v) is 4.39. The molecule has 0 aromatic heterocycles. The Morgan fingerprint density at radius 3 is 2.14 bits per heavy atom. The lowest BCUT2D eigenvalue weighted by Gasteiger charge is -2.31. The van der Waals surface area contributed by atoms with E-state index >= 15 is 0 Å². The van der Waals surface area contributed by atoms with Crippen molar-refractivity contribution in [3.63, 3.8) is 0 Å². The number of carbonyl (C=O) groups is 2. The lowest BCUT2D eigenvalue weighted by atomic mass is 9.73. The van der Waals surface area contributed by atoms with Crippen LogP contribution in [-0.4, -0.2) is 17.0 Å². The zero-order chi connectivity index (χ0) is 15.5. The maximum Gasteiger partial charge on any atom is 0.319 e. The molecule has 1 aliphatic carbocycles. The smallest absolute Gasteiger partial charge is 0.319 e. The highest BCUT2D eigenvalue weighted by Crippen LogP contribution is 2.37. The quantitative estimate of drug-likeness (QED) is 0.829. The summed E-state index contributed by atoms with van der Waals surface area (Å²) >= 11 is 0. The Kier molecular flexibility index (Phi) is 4.66. The van der Waals surface area contributed by atoms with E-state index in [9.17, 15) is 14.7 Å². The lowest BCUT2D eigenvalue weighted by molar-refractivity contribution is -0.156. The summed E-state index contributed by atoms with van der Waals surface area (Å²) in [5, 5.41) is 12.3. The first-order chi connectivity index (χ1) is 9.95. The van der Waals surface area contributed by atoms with Crippen LogP contribution in [0.5, 0.6) is 0 Å². The topological polar surface area (TPSA) is 66.4 Å². The van der Waals surface area contributed by atoms with E-state index in [4.69, 9.17) is 0 Å². The van der Waals surface area contributed by atoms with Gasteiger partial charge >= 0.3 is 5.97 Å². The summed E-state index contributed by atoms with van der Waals surface area (Å²) in [4.78, 5) is 24.0. The largest absolute Gasteiger partial charge is 0.480 e. The van der Waals surface area contributed by atoms with E-state index in [1.165, 1.54) is 5.56 Å². The standard InChI is InChI=1S/C17H23NO3/c1-12(2)13-6-8-14(9-7-13)18-15(19)17(16(20)21)10-4-3-5-11-17/h6-9,12H,3-5,10-11H2,1-2H3,(H,18,19)(H,20,21). The number of carboxylic acid groups (broad SMARTS) is 1. The van der Waals surface area contributed by atoms with Crippen molar-refractivity contribution in [3.05, 3.63) is 29.8 Å². The molecule has 0 saturated heterocycles. The van der Waals surface area contributed by atoms with Gasteiger partial charge in [0.25, 0.3) is 0 Å². The minimum absolute atomic E-state index is 0.382. The van der Waals surface area contributed by atoms with Crippen LogP contribution in [0.4, 0.5) is 5.69 Å². The Morgan fingerprint density at radius 2 is 1.67 bits per heavy atom. The number of hydrogen-bond donors (Lipinski definition) is 2. The maximum atomic E-state index is 12.5. The van der Waals surface area contributed by atoms with Crippen molar-refractivity contribution >= 4 is 17.6 Å². The van der Waals surface area contributed by atoms with Gasteiger partial charge in [0.15, 0.2) is 0 Å². The summed E-state index contributed by atoms with van der Waals surface area (Å²) in [6.45, 7) is 4.21. The zero-order valence-electron chi connectivity index (χ0n) is 12.7. The molecule has 4 nitrogen and oxygen atoms in total. The molecule has 21 heavy (non-hydrogen) atoms. The summed E-state index contributed by atoms with van der Waals surface area (Å²) in [6, 6.07) is 7.61. The molecule has 0 atom stereocenters. The highest BCUT2D eigenvalue weighted by molar-refractivity contribution is 6.08. The van der Waals surface area contributed by atoms with Crippen LogP contribution in [0.25, 0.3) is 0 Å². The number of benzene rings is 1. The predicted molar refractivity (Wildman–Crippen MR) is 82.3 cm³/mol. The SMILES string of the molecule is CC(C)c1ccc(NC(=O)C2(C(=O)O)CCCCC2)cc1. The van der Waals surface area contributed by atoms with Gasteiger partial charge in [-0.25, -0.2) is 0 Å². The number of rotatable bonds is 4. The minimum atomic E-state index is -1.25. The predicted octanol–water partition coefficient (Wildman–Crippen LogP) is 3.78. The molecule has 1 aromatic rings. The average molecular weight is 289 g/mol. The molecule has 0 bridgehead atoms. The molecule has 1 saturated carbocycles. The maximum absolute atomic E-state index is 12.5. The number of carboxylic acids is 1. The van der Waals surface area contributed by atoms with Crippen molar-refractivity contribution in [3.8, 4) is 0 Å². The van der Waals surface area contributed by atoms with Crippen molar-refractivity contribution in [2.45, 2.75) is 51.9 Å². The van der Waals surface area contributed by atoms with Gasteiger partial charge in [0, 0.05) is 5.69 Å². The monoisotopic (exact) mass is 289 g/mol. The molecule has 1 aliphatic rings. The molecule has 1 fully saturated rings. The van der Waals surface area contributed by atoms with Gasteiger partial charge in [-0.1, -0.05) is 45.2 Å². The molecule has 0 radical (unpaired) electrons. The Bertz CT molecular complexity index is 513. The number of aliphatic carboxylic acids is 1. The molecule has 0 heterocycles. The van der Waals surface area contributed by atoms with Gasteiger partial charge < -0.3 is 10.4 Å².